The lowest BCUT2D eigenvalue weighted by atomic mass is 10.3. The fraction of sp³-hybridized carbons (Fsp3) is 0.421. The van der Waals surface area contributed by atoms with Gasteiger partial charge in [0, 0.05) is 24.8 Å². The number of nitrogens with one attached hydrogen (secondary N) is 2. The highest BCUT2D eigenvalue weighted by Crippen LogP contribution is 2.11. The molecule has 1 aromatic heterocycles. The van der Waals surface area contributed by atoms with Crippen molar-refractivity contribution in [3.8, 4) is 0 Å². The molecule has 0 bridgehead atoms. The average Bonchev–Trinajstić information content (AvgIpc) is 3.06. The number of halogens is 1. The maximum Gasteiger partial charge on any atom is 0.322 e. The van der Waals surface area contributed by atoms with E-state index in [1.807, 2.05) is 13.8 Å². The smallest absolute Gasteiger partial charge is 0.322 e. The summed E-state index contributed by atoms with van der Waals surface area (Å²) in [5.41, 5.74) is 0.324. The van der Waals surface area contributed by atoms with Gasteiger partial charge in [-0.2, -0.15) is 0 Å². The Balaban J connectivity index is 2.04. The number of aromatic nitrogens is 1. The van der Waals surface area contributed by atoms with Crippen LogP contribution in [0.25, 0.3) is 0 Å². The molecule has 2 N–H and O–H groups in total. The number of carbonyl (C=O) groups is 2. The minimum absolute atomic E-state index is 0.172. The quantitative estimate of drug-likeness (QED) is 0.686. The van der Waals surface area contributed by atoms with Gasteiger partial charge in [0.25, 0.3) is 0 Å². The molecule has 0 aliphatic rings. The van der Waals surface area contributed by atoms with Gasteiger partial charge in [-0.3, -0.25) is 4.79 Å². The first kappa shape index (κ1) is 21.4. The molecule has 9 heteroatoms. The SMILES string of the molecule is CCN(CC)CCN(CC(=O)Nc1cc(C)on1)C(=O)Nc1cccc(F)c1. The normalized spacial score (nSPS) is 10.8. The number of aryl methyl sites for hydroxylation is 1. The lowest BCUT2D eigenvalue weighted by Crippen LogP contribution is -2.44. The summed E-state index contributed by atoms with van der Waals surface area (Å²) in [6.45, 7) is 8.22. The Morgan fingerprint density at radius 2 is 1.89 bits per heavy atom. The van der Waals surface area contributed by atoms with Crippen molar-refractivity contribution in [3.63, 3.8) is 0 Å². The molecule has 0 fully saturated rings. The summed E-state index contributed by atoms with van der Waals surface area (Å²) in [7, 11) is 0. The highest BCUT2D eigenvalue weighted by atomic mass is 19.1. The van der Waals surface area contributed by atoms with Crippen molar-refractivity contribution in [2.75, 3.05) is 43.4 Å². The van der Waals surface area contributed by atoms with Crippen LogP contribution in [0.15, 0.2) is 34.9 Å². The van der Waals surface area contributed by atoms with E-state index in [1.165, 1.54) is 23.1 Å². The number of rotatable bonds is 9. The first-order valence-electron chi connectivity index (χ1n) is 9.18. The monoisotopic (exact) mass is 391 g/mol. The molecule has 0 unspecified atom stereocenters. The van der Waals surface area contributed by atoms with Gasteiger partial charge in [-0.15, -0.1) is 0 Å². The number of hydrogen-bond acceptors (Lipinski definition) is 5. The van der Waals surface area contributed by atoms with Crippen LogP contribution in [0.3, 0.4) is 0 Å². The molecular formula is C19H26FN5O3. The van der Waals surface area contributed by atoms with Gasteiger partial charge >= 0.3 is 6.03 Å². The van der Waals surface area contributed by atoms with Crippen molar-refractivity contribution in [2.45, 2.75) is 20.8 Å². The van der Waals surface area contributed by atoms with Crippen LogP contribution >= 0.6 is 0 Å². The van der Waals surface area contributed by atoms with Gasteiger partial charge in [0.15, 0.2) is 5.82 Å². The van der Waals surface area contributed by atoms with Gasteiger partial charge in [0.2, 0.25) is 5.91 Å². The Hall–Kier alpha value is -2.94. The van der Waals surface area contributed by atoms with Crippen LogP contribution in [-0.2, 0) is 4.79 Å². The fourth-order valence-electron chi connectivity index (χ4n) is 2.60. The number of benzene rings is 1. The Morgan fingerprint density at radius 3 is 2.50 bits per heavy atom. The van der Waals surface area contributed by atoms with E-state index in [2.05, 4.69) is 20.7 Å². The van der Waals surface area contributed by atoms with Gasteiger partial charge < -0.3 is 25.0 Å². The summed E-state index contributed by atoms with van der Waals surface area (Å²) in [5.74, 6) is 0.00291. The molecular weight excluding hydrogens is 365 g/mol. The first-order chi connectivity index (χ1) is 13.4. The summed E-state index contributed by atoms with van der Waals surface area (Å²) in [6.07, 6.45) is 0. The zero-order valence-electron chi connectivity index (χ0n) is 16.4. The van der Waals surface area contributed by atoms with Crippen molar-refractivity contribution in [2.24, 2.45) is 0 Å². The largest absolute Gasteiger partial charge is 0.360 e. The molecule has 0 saturated heterocycles. The topological polar surface area (TPSA) is 90.7 Å². The molecule has 28 heavy (non-hydrogen) atoms. The van der Waals surface area contributed by atoms with Gasteiger partial charge in [0.1, 0.15) is 18.1 Å². The van der Waals surface area contributed by atoms with Gasteiger partial charge in [-0.1, -0.05) is 25.1 Å². The van der Waals surface area contributed by atoms with Crippen LogP contribution in [0.4, 0.5) is 20.7 Å². The van der Waals surface area contributed by atoms with E-state index < -0.39 is 17.8 Å². The second kappa shape index (κ2) is 10.4. The van der Waals surface area contributed by atoms with Gasteiger partial charge in [-0.25, -0.2) is 9.18 Å². The third kappa shape index (κ3) is 6.66. The lowest BCUT2D eigenvalue weighted by molar-refractivity contribution is -0.116. The molecule has 1 aromatic carbocycles. The summed E-state index contributed by atoms with van der Waals surface area (Å²) >= 11 is 0. The zero-order valence-corrected chi connectivity index (χ0v) is 16.4. The van der Waals surface area contributed by atoms with Crippen molar-refractivity contribution in [1.29, 1.82) is 0 Å². The molecule has 0 aliphatic heterocycles. The number of urea groups is 1. The van der Waals surface area contributed by atoms with Crippen LogP contribution in [0, 0.1) is 12.7 Å². The van der Waals surface area contributed by atoms with Crippen LogP contribution in [0.2, 0.25) is 0 Å². The zero-order chi connectivity index (χ0) is 20.5. The molecule has 2 aromatic rings. The Morgan fingerprint density at radius 1 is 1.14 bits per heavy atom. The minimum atomic E-state index is -0.482. The number of anilines is 2. The van der Waals surface area contributed by atoms with Gasteiger partial charge in [0.05, 0.1) is 0 Å². The lowest BCUT2D eigenvalue weighted by Gasteiger charge is -2.26. The van der Waals surface area contributed by atoms with Crippen molar-refractivity contribution >= 4 is 23.4 Å². The van der Waals surface area contributed by atoms with E-state index in [0.717, 1.165) is 13.1 Å². The number of hydrogen-bond donors (Lipinski definition) is 2. The summed E-state index contributed by atoms with van der Waals surface area (Å²) in [5, 5.41) is 8.94. The predicted octanol–water partition coefficient (Wildman–Crippen LogP) is 2.94. The van der Waals surface area contributed by atoms with Crippen LogP contribution in [0.5, 0.6) is 0 Å². The Kier molecular flexibility index (Phi) is 7.94. The molecule has 0 saturated carbocycles. The van der Waals surface area contributed by atoms with E-state index in [0.29, 0.717) is 24.5 Å². The maximum atomic E-state index is 13.4. The summed E-state index contributed by atoms with van der Waals surface area (Å²) in [6, 6.07) is 6.71. The molecule has 8 nitrogen and oxygen atoms in total. The molecule has 0 atom stereocenters. The minimum Gasteiger partial charge on any atom is -0.360 e. The van der Waals surface area contributed by atoms with E-state index in [4.69, 9.17) is 4.52 Å². The van der Waals surface area contributed by atoms with Crippen molar-refractivity contribution < 1.29 is 18.5 Å². The van der Waals surface area contributed by atoms with Crippen molar-refractivity contribution in [3.05, 3.63) is 41.9 Å². The number of carbonyl (C=O) groups excluding carboxylic acids is 2. The molecule has 3 amide bonds. The number of amides is 3. The van der Waals surface area contributed by atoms with E-state index in [-0.39, 0.29) is 12.4 Å². The summed E-state index contributed by atoms with van der Waals surface area (Å²) < 4.78 is 18.3. The van der Waals surface area contributed by atoms with Gasteiger partial charge in [-0.05, 0) is 38.2 Å². The average molecular weight is 391 g/mol. The molecule has 0 aliphatic carbocycles. The molecule has 1 heterocycles. The van der Waals surface area contributed by atoms with Crippen LogP contribution < -0.4 is 10.6 Å². The number of likely N-dealkylation sites (N-methyl/N-ethyl adjacent to an activating group) is 1. The molecule has 2 rings (SSSR count). The Bertz CT molecular complexity index is 791. The third-order valence-electron chi connectivity index (χ3n) is 4.17. The standard InChI is InChI=1S/C19H26FN5O3/c1-4-24(5-2)9-10-25(13-18(26)22-17-11-14(3)28-23-17)19(27)21-16-8-6-7-15(20)12-16/h6-8,11-12H,4-5,9-10,13H2,1-3H3,(H,21,27)(H,22,23,26). The van der Waals surface area contributed by atoms with Crippen LogP contribution in [-0.4, -0.2) is 59.6 Å². The highest BCUT2D eigenvalue weighted by molar-refractivity contribution is 5.96. The van der Waals surface area contributed by atoms with E-state index >= 15 is 0 Å². The molecule has 152 valence electrons. The third-order valence-corrected chi connectivity index (χ3v) is 4.17. The second-order valence-electron chi connectivity index (χ2n) is 6.26. The highest BCUT2D eigenvalue weighted by Gasteiger charge is 2.19. The van der Waals surface area contributed by atoms with E-state index in [9.17, 15) is 14.0 Å². The van der Waals surface area contributed by atoms with E-state index in [1.54, 1.807) is 19.1 Å². The molecule has 0 radical (unpaired) electrons. The first-order valence-corrected chi connectivity index (χ1v) is 9.18. The van der Waals surface area contributed by atoms with Crippen LogP contribution in [0.1, 0.15) is 19.6 Å². The maximum absolute atomic E-state index is 13.4. The predicted molar refractivity (Wildman–Crippen MR) is 105 cm³/mol. The Labute approximate surface area is 163 Å². The second-order valence-corrected chi connectivity index (χ2v) is 6.26. The summed E-state index contributed by atoms with van der Waals surface area (Å²) in [4.78, 5) is 28.5. The molecule has 0 spiro atoms. The number of nitrogens with zero attached hydrogens (tertiary/aromatic N) is 3. The fourth-order valence-corrected chi connectivity index (χ4v) is 2.60. The van der Waals surface area contributed by atoms with Crippen molar-refractivity contribution in [1.82, 2.24) is 15.0 Å².